The van der Waals surface area contributed by atoms with Gasteiger partial charge in [0.05, 0.1) is 16.1 Å². The molecule has 4 rings (SSSR count). The highest BCUT2D eigenvalue weighted by Crippen LogP contribution is 2.38. The summed E-state index contributed by atoms with van der Waals surface area (Å²) in [7, 11) is 0. The Morgan fingerprint density at radius 1 is 0.833 bits per heavy atom. The number of halogens is 2. The average Bonchev–Trinajstić information content (AvgIpc) is 2.90. The number of hydrogen-bond donors (Lipinski definition) is 2. The molecule has 0 spiro atoms. The topological polar surface area (TPSA) is 58.2 Å². The van der Waals surface area contributed by atoms with E-state index in [0.717, 1.165) is 37.7 Å². The van der Waals surface area contributed by atoms with Crippen LogP contribution in [0.4, 0.5) is 10.7 Å². The minimum atomic E-state index is -0.322. The molecule has 0 aliphatic heterocycles. The summed E-state index contributed by atoms with van der Waals surface area (Å²) < 4.78 is 0. The number of carbonyl (C=O) groups is 2. The van der Waals surface area contributed by atoms with Crippen molar-refractivity contribution in [2.75, 3.05) is 10.6 Å². The zero-order chi connectivity index (χ0) is 21.1. The summed E-state index contributed by atoms with van der Waals surface area (Å²) in [5, 5.41) is 7.42. The molecular weight excluding hydrogens is 439 g/mol. The second-order valence-electron chi connectivity index (χ2n) is 7.16. The smallest absolute Gasteiger partial charge is 0.258 e. The molecule has 0 radical (unpaired) electrons. The van der Waals surface area contributed by atoms with E-state index in [1.807, 2.05) is 0 Å². The van der Waals surface area contributed by atoms with Crippen molar-refractivity contribution < 1.29 is 9.59 Å². The fourth-order valence-corrected chi connectivity index (χ4v) is 5.24. The number of nitrogens with one attached hydrogen (secondary N) is 2. The lowest BCUT2D eigenvalue weighted by atomic mass is 10.0. The molecule has 2 amide bonds. The van der Waals surface area contributed by atoms with Gasteiger partial charge in [-0.3, -0.25) is 9.59 Å². The maximum Gasteiger partial charge on any atom is 0.258 e. The van der Waals surface area contributed by atoms with Crippen molar-refractivity contribution in [2.45, 2.75) is 32.1 Å². The quantitative estimate of drug-likeness (QED) is 0.420. The molecule has 0 saturated carbocycles. The van der Waals surface area contributed by atoms with Gasteiger partial charge in [0.15, 0.2) is 0 Å². The first-order valence-electron chi connectivity index (χ1n) is 9.80. The van der Waals surface area contributed by atoms with Crippen LogP contribution < -0.4 is 10.6 Å². The molecule has 1 aliphatic rings. The van der Waals surface area contributed by atoms with Gasteiger partial charge in [0, 0.05) is 15.6 Å². The minimum Gasteiger partial charge on any atom is -0.322 e. The van der Waals surface area contributed by atoms with Crippen molar-refractivity contribution >= 4 is 57.0 Å². The molecule has 2 N–H and O–H groups in total. The van der Waals surface area contributed by atoms with Crippen LogP contribution in [0.5, 0.6) is 0 Å². The minimum absolute atomic E-state index is 0.230. The fourth-order valence-electron chi connectivity index (χ4n) is 3.61. The molecule has 0 fully saturated rings. The number of anilines is 2. The van der Waals surface area contributed by atoms with Crippen molar-refractivity contribution in [3.63, 3.8) is 0 Å². The van der Waals surface area contributed by atoms with Gasteiger partial charge in [0.1, 0.15) is 5.00 Å². The second-order valence-corrected chi connectivity index (χ2v) is 9.11. The number of fused-ring (bicyclic) bond motifs is 1. The summed E-state index contributed by atoms with van der Waals surface area (Å²) in [6.07, 6.45) is 5.01. The second kappa shape index (κ2) is 9.21. The summed E-state index contributed by atoms with van der Waals surface area (Å²) in [4.78, 5) is 27.3. The first-order chi connectivity index (χ1) is 14.5. The van der Waals surface area contributed by atoms with Gasteiger partial charge < -0.3 is 10.6 Å². The monoisotopic (exact) mass is 458 g/mol. The van der Waals surface area contributed by atoms with Crippen molar-refractivity contribution in [2.24, 2.45) is 0 Å². The van der Waals surface area contributed by atoms with Gasteiger partial charge in [0.2, 0.25) is 0 Å². The number of carbonyl (C=O) groups excluding carboxylic acids is 2. The molecule has 4 nitrogen and oxygen atoms in total. The van der Waals surface area contributed by atoms with Gasteiger partial charge in [-0.15, -0.1) is 11.3 Å². The Kier molecular flexibility index (Phi) is 6.42. The van der Waals surface area contributed by atoms with E-state index in [2.05, 4.69) is 10.6 Å². The molecule has 0 saturated heterocycles. The Labute approximate surface area is 189 Å². The SMILES string of the molecule is O=C(Nc1sc2c(c1C(=O)Nc1ccc(Cl)cc1)CCCCC2)c1ccccc1Cl. The normalized spacial score (nSPS) is 13.3. The standard InChI is InChI=1S/C23H20Cl2N2O2S/c24-14-10-12-15(13-11-14)26-22(29)20-17-7-2-1-3-9-19(17)30-23(20)27-21(28)16-6-4-5-8-18(16)25/h4-6,8,10-13H,1-3,7,9H2,(H,26,29)(H,27,28). The Hall–Kier alpha value is -2.34. The predicted octanol–water partition coefficient (Wildman–Crippen LogP) is 6.83. The summed E-state index contributed by atoms with van der Waals surface area (Å²) >= 11 is 13.6. The average molecular weight is 459 g/mol. The van der Waals surface area contributed by atoms with Crippen LogP contribution in [-0.2, 0) is 12.8 Å². The van der Waals surface area contributed by atoms with Crippen molar-refractivity contribution in [1.82, 2.24) is 0 Å². The van der Waals surface area contributed by atoms with Gasteiger partial charge >= 0.3 is 0 Å². The first-order valence-corrected chi connectivity index (χ1v) is 11.4. The number of aryl methyl sites for hydroxylation is 1. The zero-order valence-corrected chi connectivity index (χ0v) is 18.5. The van der Waals surface area contributed by atoms with Crippen LogP contribution in [0.15, 0.2) is 48.5 Å². The van der Waals surface area contributed by atoms with Crippen LogP contribution in [0.1, 0.15) is 50.4 Å². The Morgan fingerprint density at radius 2 is 1.57 bits per heavy atom. The summed E-state index contributed by atoms with van der Waals surface area (Å²) in [5.41, 5.74) is 2.62. The van der Waals surface area contributed by atoms with Gasteiger partial charge in [0.25, 0.3) is 11.8 Å². The van der Waals surface area contributed by atoms with Gasteiger partial charge in [-0.2, -0.15) is 0 Å². The van der Waals surface area contributed by atoms with E-state index in [9.17, 15) is 9.59 Å². The maximum absolute atomic E-state index is 13.2. The van der Waals surface area contributed by atoms with Crippen LogP contribution in [0.2, 0.25) is 10.0 Å². The lowest BCUT2D eigenvalue weighted by Gasteiger charge is -2.11. The number of amides is 2. The Morgan fingerprint density at radius 3 is 2.33 bits per heavy atom. The van der Waals surface area contributed by atoms with Crippen molar-refractivity contribution in [3.05, 3.63) is 80.1 Å². The fraction of sp³-hybridized carbons (Fsp3) is 0.217. The molecule has 0 bridgehead atoms. The van der Waals surface area contributed by atoms with E-state index in [-0.39, 0.29) is 11.8 Å². The maximum atomic E-state index is 13.2. The predicted molar refractivity (Wildman–Crippen MR) is 124 cm³/mol. The van der Waals surface area contributed by atoms with Crippen LogP contribution in [0, 0.1) is 0 Å². The van der Waals surface area contributed by atoms with E-state index >= 15 is 0 Å². The van der Waals surface area contributed by atoms with Crippen LogP contribution in [-0.4, -0.2) is 11.8 Å². The summed E-state index contributed by atoms with van der Waals surface area (Å²) in [6.45, 7) is 0. The van der Waals surface area contributed by atoms with E-state index < -0.39 is 0 Å². The van der Waals surface area contributed by atoms with Gasteiger partial charge in [-0.05, 0) is 67.6 Å². The first kappa shape index (κ1) is 20.9. The van der Waals surface area contributed by atoms with Crippen molar-refractivity contribution in [3.8, 4) is 0 Å². The molecule has 154 valence electrons. The molecule has 1 heterocycles. The summed E-state index contributed by atoms with van der Waals surface area (Å²) in [6, 6.07) is 13.9. The third-order valence-corrected chi connectivity index (χ3v) is 6.88. The summed E-state index contributed by atoms with van der Waals surface area (Å²) in [5.74, 6) is -0.552. The molecule has 7 heteroatoms. The van der Waals surface area contributed by atoms with E-state index in [1.54, 1.807) is 48.5 Å². The third kappa shape index (κ3) is 4.53. The molecule has 3 aromatic rings. The lowest BCUT2D eigenvalue weighted by molar-refractivity contribution is 0.102. The zero-order valence-electron chi connectivity index (χ0n) is 16.1. The third-order valence-electron chi connectivity index (χ3n) is 5.10. The molecule has 1 aliphatic carbocycles. The molecular formula is C23H20Cl2N2O2S. The molecule has 30 heavy (non-hydrogen) atoms. The number of thiophene rings is 1. The van der Waals surface area contributed by atoms with Crippen molar-refractivity contribution in [1.29, 1.82) is 0 Å². The number of benzene rings is 2. The van der Waals surface area contributed by atoms with E-state index in [4.69, 9.17) is 23.2 Å². The van der Waals surface area contributed by atoms with Gasteiger partial charge in [-0.1, -0.05) is 41.8 Å². The molecule has 0 atom stereocenters. The number of hydrogen-bond acceptors (Lipinski definition) is 3. The highest BCUT2D eigenvalue weighted by Gasteiger charge is 2.26. The van der Waals surface area contributed by atoms with E-state index in [1.165, 1.54) is 16.2 Å². The Balaban J connectivity index is 1.67. The highest BCUT2D eigenvalue weighted by molar-refractivity contribution is 7.17. The molecule has 0 unspecified atom stereocenters. The van der Waals surface area contributed by atoms with Crippen LogP contribution >= 0.6 is 34.5 Å². The lowest BCUT2D eigenvalue weighted by Crippen LogP contribution is -2.18. The molecule has 1 aromatic heterocycles. The molecule has 2 aromatic carbocycles. The largest absolute Gasteiger partial charge is 0.322 e. The number of rotatable bonds is 4. The van der Waals surface area contributed by atoms with Crippen LogP contribution in [0.25, 0.3) is 0 Å². The highest BCUT2D eigenvalue weighted by atomic mass is 35.5. The van der Waals surface area contributed by atoms with Gasteiger partial charge in [-0.25, -0.2) is 0 Å². The van der Waals surface area contributed by atoms with E-state index in [0.29, 0.717) is 31.9 Å². The Bertz CT molecular complexity index is 1090. The van der Waals surface area contributed by atoms with Crippen LogP contribution in [0.3, 0.4) is 0 Å².